The number of aryl methyl sites for hydroxylation is 1. The Labute approximate surface area is 97.1 Å². The van der Waals surface area contributed by atoms with Gasteiger partial charge in [-0.3, -0.25) is 0 Å². The van der Waals surface area contributed by atoms with Crippen molar-refractivity contribution in [1.29, 1.82) is 0 Å². The summed E-state index contributed by atoms with van der Waals surface area (Å²) in [5.41, 5.74) is 1.45. The Kier molecular flexibility index (Phi) is 3.11. The van der Waals surface area contributed by atoms with Gasteiger partial charge in [-0.2, -0.15) is 0 Å². The monoisotopic (exact) mass is 242 g/mol. The molecule has 0 N–H and O–H groups in total. The predicted octanol–water partition coefficient (Wildman–Crippen LogP) is 2.52. The third kappa shape index (κ3) is 2.08. The molecule has 0 saturated carbocycles. The van der Waals surface area contributed by atoms with E-state index in [4.69, 9.17) is 11.6 Å². The molecule has 2 heterocycles. The molecule has 0 aliphatic heterocycles. The van der Waals surface area contributed by atoms with Crippen LogP contribution in [0.2, 0.25) is 5.15 Å². The first kappa shape index (κ1) is 10.7. The molecule has 0 atom stereocenters. The zero-order valence-corrected chi connectivity index (χ0v) is 10.1. The van der Waals surface area contributed by atoms with Crippen LogP contribution >= 0.6 is 23.4 Å². The van der Waals surface area contributed by atoms with Gasteiger partial charge in [0.2, 0.25) is 0 Å². The molecule has 0 aliphatic carbocycles. The molecular weight excluding hydrogens is 232 g/mol. The molecule has 0 radical (unpaired) electrons. The first-order chi connectivity index (χ1) is 7.22. The maximum Gasteiger partial charge on any atom is 0.191 e. The lowest BCUT2D eigenvalue weighted by Crippen LogP contribution is -1.94. The summed E-state index contributed by atoms with van der Waals surface area (Å²) in [5.74, 6) is 1.000. The Morgan fingerprint density at radius 1 is 1.47 bits per heavy atom. The van der Waals surface area contributed by atoms with Crippen LogP contribution in [-0.2, 0) is 7.05 Å². The second-order valence-corrected chi connectivity index (χ2v) is 4.59. The van der Waals surface area contributed by atoms with Crippen molar-refractivity contribution in [2.75, 3.05) is 5.75 Å². The van der Waals surface area contributed by atoms with Crippen LogP contribution in [0.25, 0.3) is 11.2 Å². The van der Waals surface area contributed by atoms with Gasteiger partial charge in [-0.25, -0.2) is 15.0 Å². The molecule has 2 rings (SSSR count). The van der Waals surface area contributed by atoms with Crippen molar-refractivity contribution < 1.29 is 0 Å². The molecule has 0 aromatic carbocycles. The van der Waals surface area contributed by atoms with Crippen molar-refractivity contribution in [2.24, 2.45) is 7.05 Å². The summed E-state index contributed by atoms with van der Waals surface area (Å²) in [5, 5.41) is 1.15. The lowest BCUT2D eigenvalue weighted by Gasteiger charge is -2.00. The molecule has 0 unspecified atom stereocenters. The number of halogens is 1. The second-order valence-electron chi connectivity index (χ2n) is 3.17. The number of hydrogen-bond donors (Lipinski definition) is 0. The van der Waals surface area contributed by atoms with E-state index < -0.39 is 0 Å². The van der Waals surface area contributed by atoms with E-state index in [9.17, 15) is 0 Å². The smallest absolute Gasteiger partial charge is 0.191 e. The number of thioether (sulfide) groups is 1. The quantitative estimate of drug-likeness (QED) is 0.471. The Morgan fingerprint density at radius 3 is 3.00 bits per heavy atom. The average Bonchev–Trinajstić information content (AvgIpc) is 2.58. The van der Waals surface area contributed by atoms with Gasteiger partial charge < -0.3 is 4.57 Å². The van der Waals surface area contributed by atoms with Gasteiger partial charge in [-0.15, -0.1) is 0 Å². The summed E-state index contributed by atoms with van der Waals surface area (Å²) in [4.78, 5) is 12.7. The molecule has 0 spiro atoms. The highest BCUT2D eigenvalue weighted by Crippen LogP contribution is 2.22. The third-order valence-electron chi connectivity index (χ3n) is 1.93. The predicted molar refractivity (Wildman–Crippen MR) is 62.3 cm³/mol. The first-order valence-electron chi connectivity index (χ1n) is 4.69. The van der Waals surface area contributed by atoms with Crippen molar-refractivity contribution in [1.82, 2.24) is 19.5 Å². The molecule has 0 bridgehead atoms. The van der Waals surface area contributed by atoms with Gasteiger partial charge in [0.15, 0.2) is 16.0 Å². The van der Waals surface area contributed by atoms with Crippen molar-refractivity contribution in [3.63, 3.8) is 0 Å². The van der Waals surface area contributed by atoms with Gasteiger partial charge in [0.1, 0.15) is 5.52 Å². The van der Waals surface area contributed by atoms with Crippen LogP contribution in [0.3, 0.4) is 0 Å². The van der Waals surface area contributed by atoms with Crippen molar-refractivity contribution >= 4 is 34.5 Å². The topological polar surface area (TPSA) is 43.6 Å². The minimum atomic E-state index is 0.430. The summed E-state index contributed by atoms with van der Waals surface area (Å²) in [6.45, 7) is 2.12. The van der Waals surface area contributed by atoms with E-state index in [-0.39, 0.29) is 0 Å². The lowest BCUT2D eigenvalue weighted by atomic mass is 10.5. The van der Waals surface area contributed by atoms with Gasteiger partial charge >= 0.3 is 0 Å². The van der Waals surface area contributed by atoms with E-state index in [1.165, 1.54) is 0 Å². The highest BCUT2D eigenvalue weighted by molar-refractivity contribution is 7.99. The van der Waals surface area contributed by atoms with Crippen LogP contribution in [-0.4, -0.2) is 25.3 Å². The molecule has 0 saturated heterocycles. The summed E-state index contributed by atoms with van der Waals surface area (Å²) in [7, 11) is 1.90. The molecule has 0 aliphatic rings. The van der Waals surface area contributed by atoms with E-state index >= 15 is 0 Å². The maximum atomic E-state index is 6.01. The Hall–Kier alpha value is -0.810. The SMILES string of the molecule is CCCSc1nc(Cl)c2ncn(C)c2n1. The van der Waals surface area contributed by atoms with Crippen molar-refractivity contribution in [2.45, 2.75) is 18.5 Å². The molecule has 4 nitrogen and oxygen atoms in total. The summed E-state index contributed by atoms with van der Waals surface area (Å²) < 4.78 is 1.85. The standard InChI is InChI=1S/C9H11ClN4S/c1-3-4-15-9-12-7(10)6-8(13-9)14(2)5-11-6/h5H,3-4H2,1-2H3. The van der Waals surface area contributed by atoms with Gasteiger partial charge in [0, 0.05) is 12.8 Å². The molecule has 15 heavy (non-hydrogen) atoms. The number of nitrogens with zero attached hydrogens (tertiary/aromatic N) is 4. The summed E-state index contributed by atoms with van der Waals surface area (Å²) in [6.07, 6.45) is 2.79. The first-order valence-corrected chi connectivity index (χ1v) is 6.06. The van der Waals surface area contributed by atoms with Gasteiger partial charge in [-0.05, 0) is 6.42 Å². The molecular formula is C9H11ClN4S. The van der Waals surface area contributed by atoms with Crippen LogP contribution in [0.15, 0.2) is 11.5 Å². The van der Waals surface area contributed by atoms with Crippen LogP contribution in [0, 0.1) is 0 Å². The fourth-order valence-corrected chi connectivity index (χ4v) is 2.17. The maximum absolute atomic E-state index is 6.01. The molecule has 6 heteroatoms. The zero-order chi connectivity index (χ0) is 10.8. The van der Waals surface area contributed by atoms with E-state index in [0.717, 1.165) is 23.0 Å². The van der Waals surface area contributed by atoms with Gasteiger partial charge in [0.25, 0.3) is 0 Å². The van der Waals surface area contributed by atoms with Crippen molar-refractivity contribution in [3.05, 3.63) is 11.5 Å². The largest absolute Gasteiger partial charge is 0.318 e. The van der Waals surface area contributed by atoms with E-state index in [1.54, 1.807) is 18.1 Å². The highest BCUT2D eigenvalue weighted by Gasteiger charge is 2.09. The van der Waals surface area contributed by atoms with Crippen LogP contribution < -0.4 is 0 Å². The highest BCUT2D eigenvalue weighted by atomic mass is 35.5. The minimum absolute atomic E-state index is 0.430. The van der Waals surface area contributed by atoms with Crippen LogP contribution in [0.4, 0.5) is 0 Å². The number of aromatic nitrogens is 4. The van der Waals surface area contributed by atoms with Gasteiger partial charge in [0.05, 0.1) is 6.33 Å². The Balaban J connectivity index is 2.45. The Bertz CT molecular complexity index is 482. The number of hydrogen-bond acceptors (Lipinski definition) is 4. The normalized spacial score (nSPS) is 11.1. The van der Waals surface area contributed by atoms with E-state index in [2.05, 4.69) is 21.9 Å². The van der Waals surface area contributed by atoms with Crippen LogP contribution in [0.1, 0.15) is 13.3 Å². The summed E-state index contributed by atoms with van der Waals surface area (Å²) in [6, 6.07) is 0. The summed E-state index contributed by atoms with van der Waals surface area (Å²) >= 11 is 7.63. The number of fused-ring (bicyclic) bond motifs is 1. The molecule has 2 aromatic heterocycles. The number of imidazole rings is 1. The van der Waals surface area contributed by atoms with Crippen LogP contribution in [0.5, 0.6) is 0 Å². The molecule has 0 fully saturated rings. The molecule has 2 aromatic rings. The molecule has 80 valence electrons. The Morgan fingerprint density at radius 2 is 2.27 bits per heavy atom. The fourth-order valence-electron chi connectivity index (χ4n) is 1.21. The minimum Gasteiger partial charge on any atom is -0.318 e. The number of rotatable bonds is 3. The van der Waals surface area contributed by atoms with E-state index in [0.29, 0.717) is 10.7 Å². The zero-order valence-electron chi connectivity index (χ0n) is 8.57. The lowest BCUT2D eigenvalue weighted by molar-refractivity contribution is 0.900. The second kappa shape index (κ2) is 4.37. The van der Waals surface area contributed by atoms with E-state index in [1.807, 2.05) is 11.6 Å². The molecule has 0 amide bonds. The third-order valence-corrected chi connectivity index (χ3v) is 3.25. The average molecular weight is 243 g/mol. The van der Waals surface area contributed by atoms with Gasteiger partial charge in [-0.1, -0.05) is 30.3 Å². The van der Waals surface area contributed by atoms with Crippen molar-refractivity contribution in [3.8, 4) is 0 Å². The fraction of sp³-hybridized carbons (Fsp3) is 0.444.